The summed E-state index contributed by atoms with van der Waals surface area (Å²) < 4.78 is 35.6. The van der Waals surface area contributed by atoms with Crippen LogP contribution in [0.5, 0.6) is 0 Å². The van der Waals surface area contributed by atoms with Crippen LogP contribution in [-0.2, 0) is 4.79 Å². The Morgan fingerprint density at radius 1 is 1.15 bits per heavy atom. The molecule has 7 heteroatoms. The van der Waals surface area contributed by atoms with E-state index in [0.29, 0.717) is 4.90 Å². The molecule has 0 saturated carbocycles. The molecular weight excluding hydrogens is 230 g/mol. The molecule has 0 heterocycles. The van der Waals surface area contributed by atoms with Crippen LogP contribution in [0.2, 0.25) is 0 Å². The molecule has 0 aromatic rings. The van der Waals surface area contributed by atoms with Crippen LogP contribution in [0.1, 0.15) is 0 Å². The van der Waals surface area contributed by atoms with Crippen molar-refractivity contribution in [2.75, 3.05) is 24.8 Å². The van der Waals surface area contributed by atoms with Crippen molar-refractivity contribution in [3.8, 4) is 0 Å². The molecule has 13 heavy (non-hydrogen) atoms. The largest absolute Gasteiger partial charge is 0.471 e. The van der Waals surface area contributed by atoms with E-state index in [2.05, 4.69) is 0 Å². The van der Waals surface area contributed by atoms with E-state index in [4.69, 9.17) is 23.2 Å². The maximum absolute atomic E-state index is 11.9. The van der Waals surface area contributed by atoms with E-state index in [1.54, 1.807) is 0 Å². The van der Waals surface area contributed by atoms with E-state index >= 15 is 0 Å². The van der Waals surface area contributed by atoms with E-state index in [1.807, 2.05) is 0 Å². The van der Waals surface area contributed by atoms with Crippen molar-refractivity contribution in [2.45, 2.75) is 6.18 Å². The second kappa shape index (κ2) is 5.54. The Labute approximate surface area is 83.6 Å². The third kappa shape index (κ3) is 4.57. The molecule has 0 aliphatic carbocycles. The molecule has 0 bridgehead atoms. The molecule has 2 nitrogen and oxygen atoms in total. The maximum Gasteiger partial charge on any atom is 0.471 e. The zero-order chi connectivity index (χ0) is 10.5. The van der Waals surface area contributed by atoms with Gasteiger partial charge in [0.15, 0.2) is 0 Å². The molecule has 0 saturated heterocycles. The average Bonchev–Trinajstić information content (AvgIpc) is 2.01. The van der Waals surface area contributed by atoms with E-state index in [9.17, 15) is 18.0 Å². The summed E-state index contributed by atoms with van der Waals surface area (Å²) in [6.07, 6.45) is -4.85. The lowest BCUT2D eigenvalue weighted by Gasteiger charge is -2.21. The highest BCUT2D eigenvalue weighted by atomic mass is 35.5. The Hall–Kier alpha value is -0.160. The number of hydrogen-bond acceptors (Lipinski definition) is 1. The zero-order valence-corrected chi connectivity index (χ0v) is 8.09. The molecule has 0 spiro atoms. The van der Waals surface area contributed by atoms with Crippen LogP contribution in [0.4, 0.5) is 13.2 Å². The van der Waals surface area contributed by atoms with Crippen LogP contribution < -0.4 is 0 Å². The van der Waals surface area contributed by atoms with Crippen LogP contribution in [0, 0.1) is 0 Å². The average molecular weight is 238 g/mol. The Balaban J connectivity index is 4.27. The number of amides is 1. The molecule has 0 atom stereocenters. The number of alkyl halides is 5. The van der Waals surface area contributed by atoms with E-state index in [0.717, 1.165) is 0 Å². The molecule has 0 rings (SSSR count). The lowest BCUT2D eigenvalue weighted by Crippen LogP contribution is -2.43. The van der Waals surface area contributed by atoms with Crippen LogP contribution in [0.25, 0.3) is 0 Å². The predicted octanol–water partition coefficient (Wildman–Crippen LogP) is 1.85. The summed E-state index contributed by atoms with van der Waals surface area (Å²) in [5.74, 6) is -1.98. The van der Waals surface area contributed by atoms with Gasteiger partial charge in [0, 0.05) is 24.8 Å². The van der Waals surface area contributed by atoms with Gasteiger partial charge in [0.05, 0.1) is 0 Å². The quantitative estimate of drug-likeness (QED) is 0.684. The SMILES string of the molecule is O=C(N(CCCl)CCCl)C(F)(F)F. The van der Waals surface area contributed by atoms with Crippen molar-refractivity contribution in [3.63, 3.8) is 0 Å². The summed E-state index contributed by atoms with van der Waals surface area (Å²) in [5, 5.41) is 0. The van der Waals surface area contributed by atoms with Gasteiger partial charge in [0.2, 0.25) is 0 Å². The minimum absolute atomic E-state index is 0.0429. The number of halogens is 5. The Morgan fingerprint density at radius 3 is 1.77 bits per heavy atom. The molecule has 0 aliphatic heterocycles. The van der Waals surface area contributed by atoms with E-state index < -0.39 is 12.1 Å². The lowest BCUT2D eigenvalue weighted by molar-refractivity contribution is -0.184. The van der Waals surface area contributed by atoms with Gasteiger partial charge in [-0.15, -0.1) is 23.2 Å². The van der Waals surface area contributed by atoms with Gasteiger partial charge in [-0.3, -0.25) is 4.79 Å². The molecule has 78 valence electrons. The van der Waals surface area contributed by atoms with Gasteiger partial charge >= 0.3 is 12.1 Å². The van der Waals surface area contributed by atoms with Crippen molar-refractivity contribution in [1.29, 1.82) is 0 Å². The van der Waals surface area contributed by atoms with E-state index in [-0.39, 0.29) is 24.8 Å². The molecule has 0 aromatic carbocycles. The topological polar surface area (TPSA) is 20.3 Å². The molecule has 0 fully saturated rings. The summed E-state index contributed by atoms with van der Waals surface area (Å²) in [5.41, 5.74) is 0. The van der Waals surface area contributed by atoms with Gasteiger partial charge in [-0.05, 0) is 0 Å². The number of carbonyl (C=O) groups is 1. The summed E-state index contributed by atoms with van der Waals surface area (Å²) in [6.45, 7) is -0.292. The van der Waals surface area contributed by atoms with Gasteiger partial charge in [-0.25, -0.2) is 0 Å². The first-order valence-corrected chi connectivity index (χ1v) is 4.48. The first-order chi connectivity index (χ1) is 5.93. The molecule has 0 N–H and O–H groups in total. The predicted molar refractivity (Wildman–Crippen MR) is 44.1 cm³/mol. The second-order valence-corrected chi connectivity index (χ2v) is 2.92. The smallest absolute Gasteiger partial charge is 0.332 e. The van der Waals surface area contributed by atoms with Gasteiger partial charge in [0.1, 0.15) is 0 Å². The lowest BCUT2D eigenvalue weighted by atomic mass is 10.4. The van der Waals surface area contributed by atoms with Gasteiger partial charge in [0.25, 0.3) is 0 Å². The number of carbonyl (C=O) groups excluding carboxylic acids is 1. The minimum atomic E-state index is -4.85. The summed E-state index contributed by atoms with van der Waals surface area (Å²) in [7, 11) is 0. The summed E-state index contributed by atoms with van der Waals surface area (Å²) in [4.78, 5) is 11.2. The van der Waals surface area contributed by atoms with Crippen molar-refractivity contribution in [3.05, 3.63) is 0 Å². The Kier molecular flexibility index (Phi) is 5.48. The van der Waals surface area contributed by atoms with E-state index in [1.165, 1.54) is 0 Å². The van der Waals surface area contributed by atoms with Crippen LogP contribution in [0.3, 0.4) is 0 Å². The Morgan fingerprint density at radius 2 is 1.54 bits per heavy atom. The zero-order valence-electron chi connectivity index (χ0n) is 6.57. The summed E-state index contributed by atoms with van der Waals surface area (Å²) in [6, 6.07) is 0. The molecular formula is C6H8Cl2F3NO. The van der Waals surface area contributed by atoms with Crippen LogP contribution in [-0.4, -0.2) is 41.8 Å². The second-order valence-electron chi connectivity index (χ2n) is 2.17. The monoisotopic (exact) mass is 237 g/mol. The van der Waals surface area contributed by atoms with Gasteiger partial charge < -0.3 is 4.90 Å². The fraction of sp³-hybridized carbons (Fsp3) is 0.833. The number of nitrogens with zero attached hydrogens (tertiary/aromatic N) is 1. The minimum Gasteiger partial charge on any atom is -0.332 e. The highest BCUT2D eigenvalue weighted by Crippen LogP contribution is 2.18. The van der Waals surface area contributed by atoms with Crippen molar-refractivity contribution >= 4 is 29.1 Å². The van der Waals surface area contributed by atoms with Crippen molar-refractivity contribution < 1.29 is 18.0 Å². The van der Waals surface area contributed by atoms with Crippen molar-refractivity contribution in [1.82, 2.24) is 4.90 Å². The molecule has 1 amide bonds. The van der Waals surface area contributed by atoms with Gasteiger partial charge in [-0.2, -0.15) is 13.2 Å². The van der Waals surface area contributed by atoms with Crippen LogP contribution in [0.15, 0.2) is 0 Å². The van der Waals surface area contributed by atoms with Gasteiger partial charge in [-0.1, -0.05) is 0 Å². The number of rotatable bonds is 4. The fourth-order valence-corrected chi connectivity index (χ4v) is 1.11. The number of hydrogen-bond donors (Lipinski definition) is 0. The molecule has 0 aromatic heterocycles. The standard InChI is InChI=1S/C6H8Cl2F3NO/c7-1-3-12(4-2-8)5(13)6(9,10)11/h1-4H2. The first-order valence-electron chi connectivity index (χ1n) is 3.41. The third-order valence-corrected chi connectivity index (χ3v) is 1.58. The van der Waals surface area contributed by atoms with Crippen LogP contribution >= 0.6 is 23.2 Å². The molecule has 0 aliphatic rings. The highest BCUT2D eigenvalue weighted by molar-refractivity contribution is 6.18. The summed E-state index contributed by atoms with van der Waals surface area (Å²) >= 11 is 10.4. The Bertz CT molecular complexity index is 168. The van der Waals surface area contributed by atoms with Crippen molar-refractivity contribution in [2.24, 2.45) is 0 Å². The molecule has 0 unspecified atom stereocenters. The normalized spacial score (nSPS) is 11.5. The molecule has 0 radical (unpaired) electrons. The fourth-order valence-electron chi connectivity index (χ4n) is 0.698. The third-order valence-electron chi connectivity index (χ3n) is 1.24. The highest BCUT2D eigenvalue weighted by Gasteiger charge is 2.41. The maximum atomic E-state index is 11.9. The first kappa shape index (κ1) is 12.8.